The fourth-order valence-corrected chi connectivity index (χ4v) is 4.60. The molecule has 0 saturated heterocycles. The van der Waals surface area contributed by atoms with Crippen molar-refractivity contribution in [1.29, 1.82) is 0 Å². The van der Waals surface area contributed by atoms with Crippen LogP contribution >= 0.6 is 23.1 Å². The van der Waals surface area contributed by atoms with Crippen LogP contribution in [0.15, 0.2) is 58.9 Å². The lowest BCUT2D eigenvalue weighted by Crippen LogP contribution is -2.11. The summed E-state index contributed by atoms with van der Waals surface area (Å²) in [4.78, 5) is 4.70. The molecule has 2 aromatic carbocycles. The molecule has 0 amide bonds. The van der Waals surface area contributed by atoms with Crippen molar-refractivity contribution in [1.82, 2.24) is 4.98 Å². The predicted octanol–water partition coefficient (Wildman–Crippen LogP) is 5.32. The Labute approximate surface area is 121 Å². The van der Waals surface area contributed by atoms with E-state index in [1.165, 1.54) is 10.3 Å². The molecule has 0 aliphatic rings. The van der Waals surface area contributed by atoms with E-state index >= 15 is 0 Å². The second-order valence-electron chi connectivity index (χ2n) is 4.93. The third-order valence-electron chi connectivity index (χ3n) is 3.09. The van der Waals surface area contributed by atoms with Gasteiger partial charge in [-0.2, -0.15) is 0 Å². The molecule has 3 heteroatoms. The predicted molar refractivity (Wildman–Crippen MR) is 84.9 cm³/mol. The van der Waals surface area contributed by atoms with E-state index in [9.17, 15) is 0 Å². The zero-order valence-corrected chi connectivity index (χ0v) is 12.6. The van der Waals surface area contributed by atoms with Gasteiger partial charge in [0.1, 0.15) is 0 Å². The van der Waals surface area contributed by atoms with Crippen LogP contribution in [-0.2, 0) is 4.75 Å². The molecule has 1 aromatic heterocycles. The average molecular weight is 285 g/mol. The maximum atomic E-state index is 4.70. The van der Waals surface area contributed by atoms with Crippen LogP contribution in [-0.4, -0.2) is 4.98 Å². The van der Waals surface area contributed by atoms with Crippen LogP contribution in [0.5, 0.6) is 0 Å². The van der Waals surface area contributed by atoms with Gasteiger partial charge >= 0.3 is 0 Å². The van der Waals surface area contributed by atoms with E-state index in [0.29, 0.717) is 0 Å². The SMILES string of the molecule is CC(C)(Sc1nc2ccccc2s1)c1ccccc1. The van der Waals surface area contributed by atoms with Crippen LogP contribution < -0.4 is 0 Å². The van der Waals surface area contributed by atoms with Gasteiger partial charge in [0.05, 0.1) is 10.2 Å². The van der Waals surface area contributed by atoms with Crippen LogP contribution in [0, 0.1) is 0 Å². The van der Waals surface area contributed by atoms with Crippen LogP contribution in [0.4, 0.5) is 0 Å². The molecule has 96 valence electrons. The number of thiazole rings is 1. The molecule has 1 nitrogen and oxygen atoms in total. The van der Waals surface area contributed by atoms with Gasteiger partial charge in [-0.15, -0.1) is 11.3 Å². The van der Waals surface area contributed by atoms with Gasteiger partial charge in [-0.3, -0.25) is 0 Å². The van der Waals surface area contributed by atoms with Crippen molar-refractivity contribution in [2.24, 2.45) is 0 Å². The first-order chi connectivity index (χ1) is 9.15. The Morgan fingerprint density at radius 3 is 2.37 bits per heavy atom. The Balaban J connectivity index is 1.92. The number of rotatable bonds is 3. The third kappa shape index (κ3) is 2.67. The summed E-state index contributed by atoms with van der Waals surface area (Å²) < 4.78 is 2.43. The first kappa shape index (κ1) is 12.7. The molecule has 0 saturated carbocycles. The van der Waals surface area contributed by atoms with Crippen molar-refractivity contribution in [3.05, 3.63) is 60.2 Å². The Morgan fingerprint density at radius 1 is 0.947 bits per heavy atom. The monoisotopic (exact) mass is 285 g/mol. The van der Waals surface area contributed by atoms with Gasteiger partial charge < -0.3 is 0 Å². The number of nitrogens with zero attached hydrogens (tertiary/aromatic N) is 1. The summed E-state index contributed by atoms with van der Waals surface area (Å²) in [5, 5.41) is 0. The third-order valence-corrected chi connectivity index (χ3v) is 5.43. The molecule has 0 spiro atoms. The highest BCUT2D eigenvalue weighted by Crippen LogP contribution is 2.43. The second-order valence-corrected chi connectivity index (χ2v) is 7.83. The largest absolute Gasteiger partial charge is 0.230 e. The van der Waals surface area contributed by atoms with Crippen molar-refractivity contribution < 1.29 is 0 Å². The maximum absolute atomic E-state index is 4.70. The smallest absolute Gasteiger partial charge is 0.151 e. The maximum Gasteiger partial charge on any atom is 0.151 e. The number of hydrogen-bond acceptors (Lipinski definition) is 3. The molecule has 0 bridgehead atoms. The van der Waals surface area contributed by atoms with E-state index in [0.717, 1.165) is 9.86 Å². The number of thioether (sulfide) groups is 1. The van der Waals surface area contributed by atoms with E-state index in [4.69, 9.17) is 4.98 Å². The lowest BCUT2D eigenvalue weighted by molar-refractivity contribution is 0.781. The van der Waals surface area contributed by atoms with Gasteiger partial charge in [-0.25, -0.2) is 4.98 Å². The number of para-hydroxylation sites is 1. The van der Waals surface area contributed by atoms with E-state index in [1.807, 2.05) is 17.8 Å². The molecule has 0 fully saturated rings. The number of hydrogen-bond donors (Lipinski definition) is 0. The molecular weight excluding hydrogens is 270 g/mol. The van der Waals surface area contributed by atoms with Gasteiger partial charge in [-0.05, 0) is 31.5 Å². The minimum Gasteiger partial charge on any atom is -0.230 e. The van der Waals surface area contributed by atoms with E-state index in [2.05, 4.69) is 62.4 Å². The Morgan fingerprint density at radius 2 is 1.63 bits per heavy atom. The molecule has 19 heavy (non-hydrogen) atoms. The van der Waals surface area contributed by atoms with Crippen molar-refractivity contribution in [2.45, 2.75) is 22.9 Å². The lowest BCUT2D eigenvalue weighted by Gasteiger charge is -2.23. The van der Waals surface area contributed by atoms with Crippen LogP contribution in [0.2, 0.25) is 0 Å². The Bertz CT molecular complexity index is 653. The molecule has 0 radical (unpaired) electrons. The van der Waals surface area contributed by atoms with E-state index in [1.54, 1.807) is 11.3 Å². The van der Waals surface area contributed by atoms with Crippen LogP contribution in [0.1, 0.15) is 19.4 Å². The Hall–Kier alpha value is -1.32. The van der Waals surface area contributed by atoms with Gasteiger partial charge in [0.25, 0.3) is 0 Å². The number of aromatic nitrogens is 1. The van der Waals surface area contributed by atoms with Crippen molar-refractivity contribution >= 4 is 33.3 Å². The normalized spacial score (nSPS) is 11.9. The van der Waals surface area contributed by atoms with Gasteiger partial charge in [0, 0.05) is 4.75 Å². The highest BCUT2D eigenvalue weighted by molar-refractivity contribution is 8.02. The second kappa shape index (κ2) is 4.99. The van der Waals surface area contributed by atoms with Crippen LogP contribution in [0.3, 0.4) is 0 Å². The molecule has 0 N–H and O–H groups in total. The zero-order valence-electron chi connectivity index (χ0n) is 11.0. The highest BCUT2D eigenvalue weighted by atomic mass is 32.2. The van der Waals surface area contributed by atoms with E-state index in [-0.39, 0.29) is 4.75 Å². The molecule has 0 atom stereocenters. The van der Waals surface area contributed by atoms with E-state index < -0.39 is 0 Å². The Kier molecular flexibility index (Phi) is 3.33. The first-order valence-electron chi connectivity index (χ1n) is 6.25. The molecule has 3 aromatic rings. The van der Waals surface area contributed by atoms with Crippen molar-refractivity contribution in [2.75, 3.05) is 0 Å². The summed E-state index contributed by atoms with van der Waals surface area (Å²) in [6.07, 6.45) is 0. The standard InChI is InChI=1S/C16H15NS2/c1-16(2,12-8-4-3-5-9-12)19-15-17-13-10-6-7-11-14(13)18-15/h3-11H,1-2H3. The molecule has 1 heterocycles. The summed E-state index contributed by atoms with van der Waals surface area (Å²) in [5.41, 5.74) is 2.43. The molecule has 3 rings (SSSR count). The van der Waals surface area contributed by atoms with Gasteiger partial charge in [0.2, 0.25) is 0 Å². The summed E-state index contributed by atoms with van der Waals surface area (Å²) in [6.45, 7) is 4.50. The highest BCUT2D eigenvalue weighted by Gasteiger charge is 2.23. The van der Waals surface area contributed by atoms with Crippen molar-refractivity contribution in [3.8, 4) is 0 Å². The fraction of sp³-hybridized carbons (Fsp3) is 0.188. The molecule has 0 aliphatic carbocycles. The first-order valence-corrected chi connectivity index (χ1v) is 7.88. The minimum absolute atomic E-state index is 0.0368. The summed E-state index contributed by atoms with van der Waals surface area (Å²) in [6, 6.07) is 18.9. The zero-order chi connectivity index (χ0) is 13.3. The van der Waals surface area contributed by atoms with Crippen molar-refractivity contribution in [3.63, 3.8) is 0 Å². The summed E-state index contributed by atoms with van der Waals surface area (Å²) in [5.74, 6) is 0. The minimum atomic E-state index is 0.0368. The molecule has 0 aliphatic heterocycles. The summed E-state index contributed by atoms with van der Waals surface area (Å²) >= 11 is 3.60. The average Bonchev–Trinajstić information content (AvgIpc) is 2.81. The number of benzene rings is 2. The fourth-order valence-electron chi connectivity index (χ4n) is 2.01. The number of fused-ring (bicyclic) bond motifs is 1. The quantitative estimate of drug-likeness (QED) is 0.604. The topological polar surface area (TPSA) is 12.9 Å². The van der Waals surface area contributed by atoms with Gasteiger partial charge in [-0.1, -0.05) is 54.2 Å². The van der Waals surface area contributed by atoms with Crippen LogP contribution in [0.25, 0.3) is 10.2 Å². The van der Waals surface area contributed by atoms with Gasteiger partial charge in [0.15, 0.2) is 4.34 Å². The lowest BCUT2D eigenvalue weighted by atomic mass is 10.0. The molecular formula is C16H15NS2. The summed E-state index contributed by atoms with van der Waals surface area (Å²) in [7, 11) is 0. The molecule has 0 unspecified atom stereocenters.